The van der Waals surface area contributed by atoms with E-state index < -0.39 is 0 Å². The van der Waals surface area contributed by atoms with E-state index in [0.717, 1.165) is 29.5 Å². The van der Waals surface area contributed by atoms with Crippen molar-refractivity contribution in [2.75, 3.05) is 18.9 Å². The molecule has 22 heavy (non-hydrogen) atoms. The van der Waals surface area contributed by atoms with Gasteiger partial charge in [0.05, 0.1) is 18.1 Å². The average Bonchev–Trinajstić information content (AvgIpc) is 2.55. The number of unbranched alkanes of at least 4 members (excludes halogenated alkanes) is 1. The third-order valence-electron chi connectivity index (χ3n) is 3.20. The Morgan fingerprint density at radius 2 is 2.05 bits per heavy atom. The molecule has 5 nitrogen and oxygen atoms in total. The van der Waals surface area contributed by atoms with Gasteiger partial charge in [0.2, 0.25) is 0 Å². The molecule has 1 aromatic carbocycles. The molecule has 2 aromatic rings. The number of aromatic nitrogens is 2. The Kier molecular flexibility index (Phi) is 5.89. The summed E-state index contributed by atoms with van der Waals surface area (Å²) in [5, 5.41) is 3.16. The molecule has 6 heteroatoms. The molecule has 116 valence electrons. The Labute approximate surface area is 138 Å². The quantitative estimate of drug-likeness (QED) is 0.847. The maximum atomic E-state index is 12.2. The normalized spacial score (nSPS) is 10.3. The molecule has 2 rings (SSSR count). The van der Waals surface area contributed by atoms with Crippen LogP contribution < -0.4 is 5.32 Å². The SMILES string of the molecule is CCCCN(C)C(=O)c1cnc(Nc2ccccc2Br)cn1. The van der Waals surface area contributed by atoms with Crippen molar-refractivity contribution in [3.05, 3.63) is 46.8 Å². The monoisotopic (exact) mass is 362 g/mol. The lowest BCUT2D eigenvalue weighted by Gasteiger charge is -2.16. The van der Waals surface area contributed by atoms with Crippen LogP contribution in [-0.4, -0.2) is 34.4 Å². The molecule has 0 unspecified atom stereocenters. The van der Waals surface area contributed by atoms with Gasteiger partial charge in [0.25, 0.3) is 5.91 Å². The van der Waals surface area contributed by atoms with Crippen molar-refractivity contribution in [2.45, 2.75) is 19.8 Å². The summed E-state index contributed by atoms with van der Waals surface area (Å²) < 4.78 is 0.941. The number of halogens is 1. The van der Waals surface area contributed by atoms with Crippen LogP contribution in [0.4, 0.5) is 11.5 Å². The number of nitrogens with zero attached hydrogens (tertiary/aromatic N) is 3. The molecule has 0 aliphatic carbocycles. The summed E-state index contributed by atoms with van der Waals surface area (Å²) in [6, 6.07) is 7.75. The predicted octanol–water partition coefficient (Wildman–Crippen LogP) is 3.85. The molecule has 0 bridgehead atoms. The van der Waals surface area contributed by atoms with E-state index in [1.165, 1.54) is 6.20 Å². The Morgan fingerprint density at radius 3 is 2.68 bits per heavy atom. The minimum atomic E-state index is -0.103. The van der Waals surface area contributed by atoms with Crippen molar-refractivity contribution >= 4 is 33.3 Å². The Hall–Kier alpha value is -1.95. The van der Waals surface area contributed by atoms with Crippen LogP contribution in [0.15, 0.2) is 41.1 Å². The molecule has 1 aromatic heterocycles. The van der Waals surface area contributed by atoms with Crippen molar-refractivity contribution in [1.29, 1.82) is 0 Å². The Bertz CT molecular complexity index is 630. The van der Waals surface area contributed by atoms with Gasteiger partial charge in [-0.15, -0.1) is 0 Å². The lowest BCUT2D eigenvalue weighted by Crippen LogP contribution is -2.28. The van der Waals surface area contributed by atoms with E-state index in [1.54, 1.807) is 18.1 Å². The maximum Gasteiger partial charge on any atom is 0.273 e. The lowest BCUT2D eigenvalue weighted by atomic mass is 10.3. The topological polar surface area (TPSA) is 58.1 Å². The highest BCUT2D eigenvalue weighted by atomic mass is 79.9. The molecule has 1 amide bonds. The fourth-order valence-corrected chi connectivity index (χ4v) is 2.28. The second-order valence-electron chi connectivity index (χ2n) is 4.97. The van der Waals surface area contributed by atoms with E-state index in [0.29, 0.717) is 11.5 Å². The number of rotatable bonds is 6. The van der Waals surface area contributed by atoms with Crippen molar-refractivity contribution in [2.24, 2.45) is 0 Å². The third kappa shape index (κ3) is 4.27. The molecular weight excluding hydrogens is 344 g/mol. The van der Waals surface area contributed by atoms with Gasteiger partial charge in [-0.25, -0.2) is 9.97 Å². The largest absolute Gasteiger partial charge is 0.340 e. The zero-order chi connectivity index (χ0) is 15.9. The number of para-hydroxylation sites is 1. The van der Waals surface area contributed by atoms with Gasteiger partial charge in [0, 0.05) is 18.1 Å². The van der Waals surface area contributed by atoms with Crippen molar-refractivity contribution in [3.63, 3.8) is 0 Å². The second kappa shape index (κ2) is 7.89. The standard InChI is InChI=1S/C16H19BrN4O/c1-3-4-9-21(2)16(22)14-10-19-15(11-18-14)20-13-8-6-5-7-12(13)17/h5-8,10-11H,3-4,9H2,1-2H3,(H,19,20). The highest BCUT2D eigenvalue weighted by molar-refractivity contribution is 9.10. The minimum Gasteiger partial charge on any atom is -0.340 e. The fraction of sp³-hybridized carbons (Fsp3) is 0.312. The van der Waals surface area contributed by atoms with Crippen molar-refractivity contribution in [3.8, 4) is 0 Å². The average molecular weight is 363 g/mol. The molecule has 0 aliphatic rings. The summed E-state index contributed by atoms with van der Waals surface area (Å²) in [6.07, 6.45) is 5.11. The predicted molar refractivity (Wildman–Crippen MR) is 91.3 cm³/mol. The summed E-state index contributed by atoms with van der Waals surface area (Å²) in [7, 11) is 1.78. The van der Waals surface area contributed by atoms with Crippen LogP contribution in [-0.2, 0) is 0 Å². The number of nitrogens with one attached hydrogen (secondary N) is 1. The highest BCUT2D eigenvalue weighted by Gasteiger charge is 2.13. The maximum absolute atomic E-state index is 12.2. The van der Waals surface area contributed by atoms with Crippen LogP contribution in [0.25, 0.3) is 0 Å². The third-order valence-corrected chi connectivity index (χ3v) is 3.89. The van der Waals surface area contributed by atoms with E-state index in [1.807, 2.05) is 24.3 Å². The first-order valence-corrected chi connectivity index (χ1v) is 8.00. The molecular formula is C16H19BrN4O. The minimum absolute atomic E-state index is 0.103. The summed E-state index contributed by atoms with van der Waals surface area (Å²) in [5.41, 5.74) is 1.26. The van der Waals surface area contributed by atoms with Crippen LogP contribution in [0.1, 0.15) is 30.3 Å². The summed E-state index contributed by atoms with van der Waals surface area (Å²) in [4.78, 5) is 22.3. The first kappa shape index (κ1) is 16.4. The van der Waals surface area contributed by atoms with Crippen molar-refractivity contribution < 1.29 is 4.79 Å². The number of hydrogen-bond acceptors (Lipinski definition) is 4. The number of hydrogen-bond donors (Lipinski definition) is 1. The number of benzene rings is 1. The molecule has 1 N–H and O–H groups in total. The molecule has 0 saturated carbocycles. The number of anilines is 2. The summed E-state index contributed by atoms with van der Waals surface area (Å²) >= 11 is 3.46. The molecule has 0 saturated heterocycles. The smallest absolute Gasteiger partial charge is 0.273 e. The van der Waals surface area contributed by atoms with Crippen LogP contribution >= 0.6 is 15.9 Å². The first-order chi connectivity index (χ1) is 10.6. The van der Waals surface area contributed by atoms with Gasteiger partial charge in [0.1, 0.15) is 11.5 Å². The van der Waals surface area contributed by atoms with E-state index >= 15 is 0 Å². The number of amides is 1. The zero-order valence-electron chi connectivity index (χ0n) is 12.7. The first-order valence-electron chi connectivity index (χ1n) is 7.21. The van der Waals surface area contributed by atoms with Gasteiger partial charge in [0.15, 0.2) is 0 Å². The molecule has 0 fully saturated rings. The van der Waals surface area contributed by atoms with Gasteiger partial charge in [-0.3, -0.25) is 4.79 Å². The fourth-order valence-electron chi connectivity index (χ4n) is 1.90. The lowest BCUT2D eigenvalue weighted by molar-refractivity contribution is 0.0787. The number of carbonyl (C=O) groups excluding carboxylic acids is 1. The van der Waals surface area contributed by atoms with Gasteiger partial charge >= 0.3 is 0 Å². The van der Waals surface area contributed by atoms with E-state index in [4.69, 9.17) is 0 Å². The molecule has 0 radical (unpaired) electrons. The molecule has 1 heterocycles. The second-order valence-corrected chi connectivity index (χ2v) is 5.83. The van der Waals surface area contributed by atoms with E-state index in [9.17, 15) is 4.79 Å². The Morgan fingerprint density at radius 1 is 1.27 bits per heavy atom. The van der Waals surface area contributed by atoms with Gasteiger partial charge in [-0.05, 0) is 34.5 Å². The van der Waals surface area contributed by atoms with Gasteiger partial charge in [-0.2, -0.15) is 0 Å². The summed E-state index contributed by atoms with van der Waals surface area (Å²) in [5.74, 6) is 0.494. The van der Waals surface area contributed by atoms with E-state index in [2.05, 4.69) is 38.1 Å². The van der Waals surface area contributed by atoms with Crippen LogP contribution in [0, 0.1) is 0 Å². The van der Waals surface area contributed by atoms with Crippen molar-refractivity contribution in [1.82, 2.24) is 14.9 Å². The highest BCUT2D eigenvalue weighted by Crippen LogP contribution is 2.23. The van der Waals surface area contributed by atoms with E-state index in [-0.39, 0.29) is 5.91 Å². The van der Waals surface area contributed by atoms with Gasteiger partial charge < -0.3 is 10.2 Å². The number of carbonyl (C=O) groups is 1. The van der Waals surface area contributed by atoms with Crippen LogP contribution in [0.5, 0.6) is 0 Å². The molecule has 0 aliphatic heterocycles. The Balaban J connectivity index is 2.04. The molecule has 0 spiro atoms. The van der Waals surface area contributed by atoms with Gasteiger partial charge in [-0.1, -0.05) is 25.5 Å². The van der Waals surface area contributed by atoms with Crippen LogP contribution in [0.3, 0.4) is 0 Å². The van der Waals surface area contributed by atoms with Crippen LogP contribution in [0.2, 0.25) is 0 Å². The summed E-state index contributed by atoms with van der Waals surface area (Å²) in [6.45, 7) is 2.83. The zero-order valence-corrected chi connectivity index (χ0v) is 14.3. The molecule has 0 atom stereocenters.